The van der Waals surface area contributed by atoms with Crippen molar-refractivity contribution < 1.29 is 79.4 Å². The minimum atomic E-state index is -4.25. The molecule has 12 atom stereocenters. The molecule has 4 aliphatic rings. The number of esters is 3. The van der Waals surface area contributed by atoms with E-state index in [1.54, 1.807) is 48.5 Å². The molecule has 0 spiro atoms. The highest BCUT2D eigenvalue weighted by atomic mass is 31.2. The fraction of sp³-hybridized carbons (Fsp3) is 0.643. The Balaban J connectivity index is 0.000000260. The van der Waals surface area contributed by atoms with Crippen LogP contribution < -0.4 is 22.5 Å². The molecule has 0 radical (unpaired) electrons. The predicted octanol–water partition coefficient (Wildman–Crippen LogP) is 1.98. The molecule has 2 aromatic heterocycles. The summed E-state index contributed by atoms with van der Waals surface area (Å²) >= 11 is 0. The summed E-state index contributed by atoms with van der Waals surface area (Å²) in [7, 11) is -8.41. The predicted molar refractivity (Wildman–Crippen MR) is 236 cm³/mol. The van der Waals surface area contributed by atoms with Gasteiger partial charge in [-0.1, -0.05) is 32.6 Å². The lowest BCUT2D eigenvalue weighted by Crippen LogP contribution is -2.53. The Morgan fingerprint density at radius 2 is 1.22 bits per heavy atom. The zero-order valence-electron chi connectivity index (χ0n) is 38.8. The van der Waals surface area contributed by atoms with E-state index in [1.807, 2.05) is 4.98 Å². The molecule has 0 aliphatic carbocycles. The quantitative estimate of drug-likeness (QED) is 0.0883. The van der Waals surface area contributed by atoms with Crippen molar-refractivity contribution in [3.8, 4) is 24.7 Å². The van der Waals surface area contributed by atoms with Crippen LogP contribution in [0.5, 0.6) is 0 Å². The molecular weight excluding hydrogens is 958 g/mol. The van der Waals surface area contributed by atoms with Crippen LogP contribution in [0.1, 0.15) is 86.6 Å². The summed E-state index contributed by atoms with van der Waals surface area (Å²) in [5.41, 5.74) is -7.30. The van der Waals surface area contributed by atoms with Gasteiger partial charge in [-0.15, -0.1) is 12.8 Å². The van der Waals surface area contributed by atoms with Gasteiger partial charge in [0.05, 0.1) is 50.5 Å². The van der Waals surface area contributed by atoms with E-state index in [-0.39, 0.29) is 57.9 Å². The van der Waals surface area contributed by atoms with Crippen molar-refractivity contribution in [3.63, 3.8) is 0 Å². The van der Waals surface area contributed by atoms with E-state index >= 15 is 0 Å². The standard InChI is InChI=1S/C23H31N2O11P.C19H25N2O10P/c1-6-8-18(27)35-23(7-2)19-16(34-21(23)25-11-9-17(26)24-22(25)29)13-32-37(30,36-19)31-12-10-15(5)20(28)33-14(3)4;1-5-19(25)15-13(30-17(19)21-8-6-14(22)20-18(21)24)10-28-32(26,31-15)27-9-7-12(4)16(23)29-11(2)3/h2,9,11,14-16,19,21H,6,8,10,12-13H2,1,3-5H3,(H,24,26,29);1,6,8,11-13,15,17,25H,7,9-10H2,2-4H3,(H,20,22,24)/t15-,16-,19-,21-,23-,37+;12-,13-,15-,17-,19-,32+/m11/s1. The lowest BCUT2D eigenvalue weighted by atomic mass is 9.94. The number of nitrogens with zero attached hydrogens (tertiary/aromatic N) is 2. The van der Waals surface area contributed by atoms with Gasteiger partial charge in [0.1, 0.15) is 18.3 Å². The molecule has 0 unspecified atom stereocenters. The normalized spacial score (nSPS) is 31.2. The lowest BCUT2D eigenvalue weighted by molar-refractivity contribution is -0.170. The lowest BCUT2D eigenvalue weighted by Gasteiger charge is -2.36. The number of carbonyl (C=O) groups is 3. The Morgan fingerprint density at radius 1 is 0.768 bits per heavy atom. The molecule has 6 heterocycles. The Kier molecular flexibility index (Phi) is 18.2. The first-order valence-corrected chi connectivity index (χ1v) is 24.7. The summed E-state index contributed by atoms with van der Waals surface area (Å²) in [5, 5.41) is 11.1. The maximum Gasteiger partial charge on any atom is 0.475 e. The van der Waals surface area contributed by atoms with Gasteiger partial charge in [0.2, 0.25) is 5.60 Å². The van der Waals surface area contributed by atoms with Crippen LogP contribution in [-0.4, -0.2) is 116 Å². The number of aliphatic hydroxyl groups is 1. The summed E-state index contributed by atoms with van der Waals surface area (Å²) in [6.07, 6.45) is 6.31. The molecule has 27 heteroatoms. The summed E-state index contributed by atoms with van der Waals surface area (Å²) in [5.74, 6) is 1.88. The minimum absolute atomic E-state index is 0.00306. The summed E-state index contributed by atoms with van der Waals surface area (Å²) in [6, 6.07) is 2.12. The number of phosphoric ester groups is 2. The van der Waals surface area contributed by atoms with Crippen molar-refractivity contribution in [3.05, 3.63) is 66.2 Å². The average molecular weight is 1010 g/mol. The first kappa shape index (κ1) is 54.9. The van der Waals surface area contributed by atoms with Gasteiger partial charge < -0.3 is 28.8 Å². The number of hydrogen-bond donors (Lipinski definition) is 3. The van der Waals surface area contributed by atoms with Crippen LogP contribution in [0.2, 0.25) is 0 Å². The molecule has 25 nitrogen and oxygen atoms in total. The van der Waals surface area contributed by atoms with Crippen LogP contribution in [0.4, 0.5) is 0 Å². The van der Waals surface area contributed by atoms with Crippen LogP contribution in [-0.2, 0) is 74.3 Å². The molecule has 0 saturated carbocycles. The number of hydrogen-bond acceptors (Lipinski definition) is 21. The van der Waals surface area contributed by atoms with Crippen molar-refractivity contribution in [2.75, 3.05) is 26.4 Å². The molecule has 0 amide bonds. The summed E-state index contributed by atoms with van der Waals surface area (Å²) in [6.45, 7) is 11.0. The Labute approximate surface area is 394 Å². The third-order valence-electron chi connectivity index (χ3n) is 10.7. The monoisotopic (exact) mass is 1010 g/mol. The van der Waals surface area contributed by atoms with Crippen molar-refractivity contribution in [1.82, 2.24) is 19.1 Å². The zero-order valence-corrected chi connectivity index (χ0v) is 40.6. The zero-order chi connectivity index (χ0) is 51.1. The second-order valence-corrected chi connectivity index (χ2v) is 20.0. The highest BCUT2D eigenvalue weighted by Crippen LogP contribution is 2.60. The van der Waals surface area contributed by atoms with E-state index in [1.165, 1.54) is 0 Å². The van der Waals surface area contributed by atoms with Gasteiger partial charge in [-0.3, -0.25) is 70.2 Å². The highest BCUT2D eigenvalue weighted by Gasteiger charge is 2.66. The Morgan fingerprint density at radius 3 is 1.65 bits per heavy atom. The fourth-order valence-electron chi connectivity index (χ4n) is 7.15. The Hall–Kier alpha value is -5.01. The molecule has 3 N–H and O–H groups in total. The van der Waals surface area contributed by atoms with Gasteiger partial charge in [0.25, 0.3) is 11.1 Å². The van der Waals surface area contributed by atoms with Gasteiger partial charge in [-0.05, 0) is 47.0 Å². The second kappa shape index (κ2) is 22.8. The smallest absolute Gasteiger partial charge is 0.463 e. The second-order valence-electron chi connectivity index (χ2n) is 16.8. The molecule has 4 aliphatic heterocycles. The number of terminal acetylenes is 2. The number of aromatic nitrogens is 4. The Bertz CT molecular complexity index is 2610. The number of fused-ring (bicyclic) bond motifs is 2. The van der Waals surface area contributed by atoms with Crippen LogP contribution in [0.3, 0.4) is 0 Å². The minimum Gasteiger partial charge on any atom is -0.463 e. The van der Waals surface area contributed by atoms with Gasteiger partial charge in [-0.25, -0.2) is 18.7 Å². The van der Waals surface area contributed by atoms with Crippen molar-refractivity contribution >= 4 is 33.6 Å². The number of ether oxygens (including phenoxy) is 5. The van der Waals surface area contributed by atoms with E-state index in [2.05, 4.69) is 16.8 Å². The van der Waals surface area contributed by atoms with Crippen LogP contribution in [0.25, 0.3) is 0 Å². The van der Waals surface area contributed by atoms with E-state index in [4.69, 9.17) is 63.7 Å². The van der Waals surface area contributed by atoms with Gasteiger partial charge in [0.15, 0.2) is 24.2 Å². The third-order valence-corrected chi connectivity index (χ3v) is 13.6. The van der Waals surface area contributed by atoms with Crippen LogP contribution in [0.15, 0.2) is 43.7 Å². The average Bonchev–Trinajstić information content (AvgIpc) is 3.73. The topological polar surface area (TPSA) is 317 Å². The van der Waals surface area contributed by atoms with Gasteiger partial charge in [-0.2, -0.15) is 0 Å². The number of aromatic amines is 2. The number of carbonyl (C=O) groups excluding carboxylic acids is 3. The largest absolute Gasteiger partial charge is 0.475 e. The fourth-order valence-corrected chi connectivity index (χ4v) is 10.0. The summed E-state index contributed by atoms with van der Waals surface area (Å²) in [4.78, 5) is 88.1. The molecule has 4 saturated heterocycles. The SMILES string of the molecule is C#C[C@@]1(O)[C@@H]2O[P@@](=O)(OCC[C@@H](C)C(=O)OC(C)C)OC[C@H]2O[C@H]1n1ccc(=O)[nH]c1=O.C#C[C@@]1(OC(=O)CCC)[C@@H]2O[P@@](=O)(OCC[C@@H](C)C(=O)OC(C)C)OC[C@H]2O[C@H]1n1ccc(=O)[nH]c1=O. The number of nitrogens with one attached hydrogen (secondary N) is 2. The van der Waals surface area contributed by atoms with E-state index in [0.29, 0.717) is 6.42 Å². The first-order valence-electron chi connectivity index (χ1n) is 21.8. The van der Waals surface area contributed by atoms with Crippen LogP contribution in [0, 0.1) is 36.5 Å². The molecule has 6 rings (SSSR count). The van der Waals surface area contributed by atoms with E-state index in [0.717, 1.165) is 33.7 Å². The molecule has 4 fully saturated rings. The van der Waals surface area contributed by atoms with E-state index < -0.39 is 116 Å². The number of phosphoric acid groups is 2. The summed E-state index contributed by atoms with van der Waals surface area (Å²) < 4.78 is 87.8. The third kappa shape index (κ3) is 12.9. The van der Waals surface area contributed by atoms with Gasteiger partial charge >= 0.3 is 44.9 Å². The number of rotatable bonds is 17. The molecule has 0 aromatic carbocycles. The highest BCUT2D eigenvalue weighted by molar-refractivity contribution is 7.48. The van der Waals surface area contributed by atoms with E-state index in [9.17, 15) is 47.8 Å². The molecular formula is C42H56N4O21P2. The molecule has 380 valence electrons. The molecule has 0 bridgehead atoms. The first-order chi connectivity index (χ1) is 32.4. The van der Waals surface area contributed by atoms with Gasteiger partial charge in [0, 0.05) is 30.9 Å². The van der Waals surface area contributed by atoms with Crippen molar-refractivity contribution in [2.45, 2.75) is 134 Å². The van der Waals surface area contributed by atoms with Crippen molar-refractivity contribution in [2.24, 2.45) is 11.8 Å². The van der Waals surface area contributed by atoms with Crippen molar-refractivity contribution in [1.29, 1.82) is 0 Å². The number of H-pyrrole nitrogens is 2. The molecule has 69 heavy (non-hydrogen) atoms. The maximum absolute atomic E-state index is 13.3. The maximum atomic E-state index is 13.3. The van der Waals surface area contributed by atoms with Crippen LogP contribution >= 0.6 is 15.6 Å². The molecule has 2 aromatic rings.